The quantitative estimate of drug-likeness (QED) is 0.365. The van der Waals surface area contributed by atoms with Crippen molar-refractivity contribution in [3.8, 4) is 11.6 Å². The summed E-state index contributed by atoms with van der Waals surface area (Å²) in [5, 5.41) is 11.8. The van der Waals surface area contributed by atoms with E-state index in [2.05, 4.69) is 15.3 Å². The van der Waals surface area contributed by atoms with Crippen LogP contribution >= 0.6 is 0 Å². The number of anilines is 2. The van der Waals surface area contributed by atoms with E-state index >= 15 is 0 Å². The molecule has 0 unspecified atom stereocenters. The fourth-order valence-corrected chi connectivity index (χ4v) is 3.35. The molecule has 0 spiro atoms. The van der Waals surface area contributed by atoms with Gasteiger partial charge in [0.1, 0.15) is 0 Å². The van der Waals surface area contributed by atoms with Crippen LogP contribution in [0.25, 0.3) is 0 Å². The molecule has 0 aliphatic heterocycles. The van der Waals surface area contributed by atoms with Crippen LogP contribution in [0.4, 0.5) is 16.0 Å². The van der Waals surface area contributed by atoms with E-state index < -0.39 is 29.6 Å². The number of halogens is 1. The second-order valence-electron chi connectivity index (χ2n) is 7.91. The third kappa shape index (κ3) is 5.81. The van der Waals surface area contributed by atoms with Crippen molar-refractivity contribution in [1.29, 1.82) is 0 Å². The first kappa shape index (κ1) is 24.3. The van der Waals surface area contributed by atoms with Gasteiger partial charge in [-0.15, -0.1) is 0 Å². The molecule has 2 aromatic carbocycles. The van der Waals surface area contributed by atoms with Crippen molar-refractivity contribution in [3.05, 3.63) is 105 Å². The predicted molar refractivity (Wildman–Crippen MR) is 129 cm³/mol. The van der Waals surface area contributed by atoms with Gasteiger partial charge in [0.25, 0.3) is 0 Å². The van der Waals surface area contributed by atoms with Gasteiger partial charge in [-0.05, 0) is 30.7 Å². The van der Waals surface area contributed by atoms with E-state index in [1.807, 2.05) is 31.2 Å². The maximum atomic E-state index is 14.7. The number of carboxylic acid groups (broad SMARTS) is 1. The summed E-state index contributed by atoms with van der Waals surface area (Å²) in [6, 6.07) is 16.4. The summed E-state index contributed by atoms with van der Waals surface area (Å²) in [6.45, 7) is 1.64. The number of aromatic nitrogens is 4. The number of hydrogen-bond donors (Lipinski definition) is 2. The maximum absolute atomic E-state index is 14.7. The van der Waals surface area contributed by atoms with E-state index in [9.17, 15) is 18.8 Å². The van der Waals surface area contributed by atoms with Crippen molar-refractivity contribution in [2.75, 3.05) is 5.32 Å². The Bertz CT molecular complexity index is 1500. The lowest BCUT2D eigenvalue weighted by atomic mass is 10.1. The Balaban J connectivity index is 1.68. The van der Waals surface area contributed by atoms with E-state index in [4.69, 9.17) is 9.84 Å². The Labute approximate surface area is 204 Å². The van der Waals surface area contributed by atoms with Crippen molar-refractivity contribution in [2.24, 2.45) is 0 Å². The van der Waals surface area contributed by atoms with Crippen LogP contribution < -0.4 is 21.4 Å². The zero-order valence-corrected chi connectivity index (χ0v) is 19.2. The minimum atomic E-state index is -1.16. The van der Waals surface area contributed by atoms with Gasteiger partial charge in [-0.3, -0.25) is 9.36 Å². The summed E-state index contributed by atoms with van der Waals surface area (Å²) >= 11 is 0. The van der Waals surface area contributed by atoms with E-state index in [1.165, 1.54) is 22.9 Å². The van der Waals surface area contributed by atoms with Crippen LogP contribution in [-0.2, 0) is 17.9 Å². The van der Waals surface area contributed by atoms with E-state index in [0.717, 1.165) is 21.8 Å². The standard InChI is InChI=1S/C25H22FN5O5/c1-16-5-7-17(8-6-16)15-31-23(29-24(34)30(25(31)35)13-11-22(32)33)28-18-9-10-20(19(26)14-18)36-21-4-2-3-12-27-21/h2-10,12,14H,11,13,15H2,1H3,(H,32,33)(H,28,29,34). The Morgan fingerprint density at radius 2 is 1.86 bits per heavy atom. The molecule has 2 N–H and O–H groups in total. The molecule has 0 radical (unpaired) electrons. The fourth-order valence-electron chi connectivity index (χ4n) is 3.35. The summed E-state index contributed by atoms with van der Waals surface area (Å²) in [6.07, 6.45) is 1.10. The molecule has 36 heavy (non-hydrogen) atoms. The SMILES string of the molecule is Cc1ccc(Cn2c(Nc3ccc(Oc4ccccn4)c(F)c3)nc(=O)n(CCC(=O)O)c2=O)cc1. The molecule has 0 aliphatic rings. The lowest BCUT2D eigenvalue weighted by Gasteiger charge is -2.16. The van der Waals surface area contributed by atoms with Crippen molar-refractivity contribution in [3.63, 3.8) is 0 Å². The second kappa shape index (κ2) is 10.6. The number of carbonyl (C=O) groups is 1. The summed E-state index contributed by atoms with van der Waals surface area (Å²) in [5.74, 6) is -1.82. The summed E-state index contributed by atoms with van der Waals surface area (Å²) in [7, 11) is 0. The van der Waals surface area contributed by atoms with Gasteiger partial charge in [0.05, 0.1) is 13.0 Å². The minimum Gasteiger partial charge on any atom is -0.481 e. The largest absolute Gasteiger partial charge is 0.481 e. The Kier molecular flexibility index (Phi) is 7.19. The summed E-state index contributed by atoms with van der Waals surface area (Å²) < 4.78 is 22.1. The molecule has 0 saturated carbocycles. The average Bonchev–Trinajstić information content (AvgIpc) is 2.85. The number of hydrogen-bond acceptors (Lipinski definition) is 7. The molecule has 184 valence electrons. The maximum Gasteiger partial charge on any atom is 0.354 e. The molecule has 4 rings (SSSR count). The second-order valence-corrected chi connectivity index (χ2v) is 7.91. The van der Waals surface area contributed by atoms with Crippen LogP contribution in [0, 0.1) is 12.7 Å². The van der Waals surface area contributed by atoms with Crippen LogP contribution in [-0.4, -0.2) is 30.2 Å². The molecular formula is C25H22FN5O5. The topological polar surface area (TPSA) is 128 Å². The van der Waals surface area contributed by atoms with E-state index in [0.29, 0.717) is 0 Å². The van der Waals surface area contributed by atoms with Gasteiger partial charge in [-0.1, -0.05) is 35.9 Å². The third-order valence-corrected chi connectivity index (χ3v) is 5.20. The van der Waals surface area contributed by atoms with Crippen LogP contribution in [0.1, 0.15) is 17.5 Å². The van der Waals surface area contributed by atoms with Crippen molar-refractivity contribution >= 4 is 17.6 Å². The third-order valence-electron chi connectivity index (χ3n) is 5.20. The molecular weight excluding hydrogens is 469 g/mol. The first-order valence-electron chi connectivity index (χ1n) is 10.9. The number of ether oxygens (including phenoxy) is 1. The molecule has 0 saturated heterocycles. The number of benzene rings is 2. The van der Waals surface area contributed by atoms with Crippen molar-refractivity contribution in [1.82, 2.24) is 19.1 Å². The van der Waals surface area contributed by atoms with Gasteiger partial charge >= 0.3 is 17.3 Å². The highest BCUT2D eigenvalue weighted by Gasteiger charge is 2.16. The van der Waals surface area contributed by atoms with Crippen LogP contribution in [0.15, 0.2) is 76.4 Å². The summed E-state index contributed by atoms with van der Waals surface area (Å²) in [4.78, 5) is 44.6. The highest BCUT2D eigenvalue weighted by Crippen LogP contribution is 2.26. The minimum absolute atomic E-state index is 0.0468. The van der Waals surface area contributed by atoms with Gasteiger partial charge < -0.3 is 15.2 Å². The van der Waals surface area contributed by atoms with E-state index in [-0.39, 0.29) is 36.4 Å². The van der Waals surface area contributed by atoms with Gasteiger partial charge in [-0.25, -0.2) is 23.5 Å². The predicted octanol–water partition coefficient (Wildman–Crippen LogP) is 3.31. The molecule has 0 atom stereocenters. The van der Waals surface area contributed by atoms with Crippen molar-refractivity contribution < 1.29 is 19.0 Å². The highest BCUT2D eigenvalue weighted by atomic mass is 19.1. The van der Waals surface area contributed by atoms with Crippen molar-refractivity contribution in [2.45, 2.75) is 26.4 Å². The Morgan fingerprint density at radius 3 is 2.53 bits per heavy atom. The zero-order chi connectivity index (χ0) is 25.7. The van der Waals surface area contributed by atoms with Crippen LogP contribution in [0.2, 0.25) is 0 Å². The molecule has 11 heteroatoms. The number of nitrogens with zero attached hydrogens (tertiary/aromatic N) is 4. The lowest BCUT2D eigenvalue weighted by molar-refractivity contribution is -0.137. The highest BCUT2D eigenvalue weighted by molar-refractivity contribution is 5.66. The lowest BCUT2D eigenvalue weighted by Crippen LogP contribution is -2.43. The molecule has 10 nitrogen and oxygen atoms in total. The molecule has 0 fully saturated rings. The molecule has 0 amide bonds. The molecule has 2 aromatic heterocycles. The molecule has 0 bridgehead atoms. The van der Waals surface area contributed by atoms with Crippen LogP contribution in [0.5, 0.6) is 11.6 Å². The zero-order valence-electron chi connectivity index (χ0n) is 19.2. The molecule has 0 aliphatic carbocycles. The number of nitrogens with one attached hydrogen (secondary N) is 1. The van der Waals surface area contributed by atoms with Crippen LogP contribution in [0.3, 0.4) is 0 Å². The van der Waals surface area contributed by atoms with Gasteiger partial charge in [-0.2, -0.15) is 4.98 Å². The number of rotatable bonds is 9. The smallest absolute Gasteiger partial charge is 0.354 e. The van der Waals surface area contributed by atoms with Gasteiger partial charge in [0.2, 0.25) is 11.8 Å². The number of aryl methyl sites for hydroxylation is 1. The van der Waals surface area contributed by atoms with Gasteiger partial charge in [0, 0.05) is 30.6 Å². The number of carboxylic acids is 1. The average molecular weight is 491 g/mol. The normalized spacial score (nSPS) is 10.7. The number of aliphatic carboxylic acids is 1. The molecule has 2 heterocycles. The first-order chi connectivity index (χ1) is 17.3. The Hall–Kier alpha value is -4.80. The summed E-state index contributed by atoms with van der Waals surface area (Å²) in [5.41, 5.74) is 0.334. The molecule has 4 aromatic rings. The van der Waals surface area contributed by atoms with Gasteiger partial charge in [0.15, 0.2) is 11.6 Å². The fraction of sp³-hybridized carbons (Fsp3) is 0.160. The monoisotopic (exact) mass is 491 g/mol. The number of pyridine rings is 1. The Morgan fingerprint density at radius 1 is 1.08 bits per heavy atom. The first-order valence-corrected chi connectivity index (χ1v) is 10.9. The van der Waals surface area contributed by atoms with E-state index in [1.54, 1.807) is 18.2 Å².